The van der Waals surface area contributed by atoms with Gasteiger partial charge in [0.1, 0.15) is 18.2 Å². The highest BCUT2D eigenvalue weighted by atomic mass is 16.5. The van der Waals surface area contributed by atoms with Crippen molar-refractivity contribution in [2.75, 3.05) is 13.2 Å². The van der Waals surface area contributed by atoms with Gasteiger partial charge in [-0.15, -0.1) is 0 Å². The van der Waals surface area contributed by atoms with Crippen LogP contribution in [0.5, 0.6) is 5.75 Å². The third-order valence-electron chi connectivity index (χ3n) is 4.97. The standard InChI is InChI=1S/C24H31N3O2/c1-17-10-11-18(2)21(16-17)29-15-14-27-20-9-7-6-8-19(20)26-22(27)12-13-25-23(28)24(3,4)5/h6-11,16H,12-15H2,1-5H3,(H,25,28). The maximum Gasteiger partial charge on any atom is 0.225 e. The molecule has 0 atom stereocenters. The van der Waals surface area contributed by atoms with Gasteiger partial charge in [-0.3, -0.25) is 4.79 Å². The molecule has 0 aliphatic carbocycles. The molecule has 3 rings (SSSR count). The Kier molecular flexibility index (Phi) is 6.26. The van der Waals surface area contributed by atoms with Gasteiger partial charge >= 0.3 is 0 Å². The summed E-state index contributed by atoms with van der Waals surface area (Å²) in [6.45, 7) is 11.7. The molecule has 0 aliphatic heterocycles. The smallest absolute Gasteiger partial charge is 0.225 e. The highest BCUT2D eigenvalue weighted by Gasteiger charge is 2.20. The summed E-state index contributed by atoms with van der Waals surface area (Å²) in [6, 6.07) is 14.4. The Labute approximate surface area is 173 Å². The molecular formula is C24H31N3O2. The zero-order valence-corrected chi connectivity index (χ0v) is 18.1. The fourth-order valence-electron chi connectivity index (χ4n) is 3.23. The van der Waals surface area contributed by atoms with Gasteiger partial charge < -0.3 is 14.6 Å². The predicted octanol–water partition coefficient (Wildman–Crippen LogP) is 4.44. The number of aromatic nitrogens is 2. The van der Waals surface area contributed by atoms with Crippen molar-refractivity contribution >= 4 is 16.9 Å². The number of rotatable bonds is 7. The van der Waals surface area contributed by atoms with E-state index in [2.05, 4.69) is 48.0 Å². The van der Waals surface area contributed by atoms with Crippen molar-refractivity contribution in [3.05, 3.63) is 59.4 Å². The number of aryl methyl sites for hydroxylation is 2. The average Bonchev–Trinajstić information content (AvgIpc) is 3.01. The Morgan fingerprint density at radius 3 is 2.66 bits per heavy atom. The van der Waals surface area contributed by atoms with E-state index in [1.807, 2.05) is 39.0 Å². The van der Waals surface area contributed by atoms with Crippen molar-refractivity contribution < 1.29 is 9.53 Å². The van der Waals surface area contributed by atoms with Crippen LogP contribution in [-0.2, 0) is 17.8 Å². The summed E-state index contributed by atoms with van der Waals surface area (Å²) in [7, 11) is 0. The van der Waals surface area contributed by atoms with Crippen molar-refractivity contribution in [1.29, 1.82) is 0 Å². The van der Waals surface area contributed by atoms with Gasteiger partial charge in [-0.2, -0.15) is 0 Å². The second kappa shape index (κ2) is 8.68. The lowest BCUT2D eigenvalue weighted by Gasteiger charge is -2.17. The SMILES string of the molecule is Cc1ccc(C)c(OCCn2c(CCNC(=O)C(C)(C)C)nc3ccccc32)c1. The molecule has 5 heteroatoms. The van der Waals surface area contributed by atoms with Crippen LogP contribution in [0.1, 0.15) is 37.7 Å². The van der Waals surface area contributed by atoms with Gasteiger partial charge in [0.15, 0.2) is 0 Å². The van der Waals surface area contributed by atoms with E-state index >= 15 is 0 Å². The Morgan fingerprint density at radius 2 is 1.90 bits per heavy atom. The zero-order valence-electron chi connectivity index (χ0n) is 18.1. The minimum atomic E-state index is -0.389. The molecule has 1 N–H and O–H groups in total. The molecule has 5 nitrogen and oxygen atoms in total. The highest BCUT2D eigenvalue weighted by molar-refractivity contribution is 5.81. The summed E-state index contributed by atoms with van der Waals surface area (Å²) in [4.78, 5) is 16.9. The molecule has 29 heavy (non-hydrogen) atoms. The number of fused-ring (bicyclic) bond motifs is 1. The first-order chi connectivity index (χ1) is 13.8. The molecule has 2 aromatic carbocycles. The number of nitrogens with one attached hydrogen (secondary N) is 1. The molecule has 1 heterocycles. The summed E-state index contributed by atoms with van der Waals surface area (Å²) < 4.78 is 8.26. The fourth-order valence-corrected chi connectivity index (χ4v) is 3.23. The van der Waals surface area contributed by atoms with Crippen LogP contribution in [0.3, 0.4) is 0 Å². The van der Waals surface area contributed by atoms with Crippen LogP contribution < -0.4 is 10.1 Å². The first-order valence-electron chi connectivity index (χ1n) is 10.2. The predicted molar refractivity (Wildman–Crippen MR) is 117 cm³/mol. The van der Waals surface area contributed by atoms with Gasteiger partial charge in [-0.25, -0.2) is 4.98 Å². The lowest BCUT2D eigenvalue weighted by molar-refractivity contribution is -0.128. The van der Waals surface area contributed by atoms with Gasteiger partial charge in [0.25, 0.3) is 0 Å². The van der Waals surface area contributed by atoms with Crippen LogP contribution in [-0.4, -0.2) is 28.6 Å². The number of carbonyl (C=O) groups is 1. The van der Waals surface area contributed by atoms with Crippen molar-refractivity contribution in [3.8, 4) is 5.75 Å². The first-order valence-corrected chi connectivity index (χ1v) is 10.2. The van der Waals surface area contributed by atoms with Crippen LogP contribution in [0.2, 0.25) is 0 Å². The topological polar surface area (TPSA) is 56.1 Å². The number of benzene rings is 2. The summed E-state index contributed by atoms with van der Waals surface area (Å²) >= 11 is 0. The Hall–Kier alpha value is -2.82. The van der Waals surface area contributed by atoms with Crippen LogP contribution in [0.4, 0.5) is 0 Å². The third-order valence-corrected chi connectivity index (χ3v) is 4.97. The number of nitrogens with zero attached hydrogens (tertiary/aromatic N) is 2. The van der Waals surface area contributed by atoms with Crippen molar-refractivity contribution in [2.45, 2.75) is 47.6 Å². The highest BCUT2D eigenvalue weighted by Crippen LogP contribution is 2.20. The van der Waals surface area contributed by atoms with Crippen LogP contribution in [0.15, 0.2) is 42.5 Å². The van der Waals surface area contributed by atoms with Crippen molar-refractivity contribution in [3.63, 3.8) is 0 Å². The molecule has 0 aliphatic rings. The normalized spacial score (nSPS) is 11.6. The largest absolute Gasteiger partial charge is 0.491 e. The van der Waals surface area contributed by atoms with Gasteiger partial charge in [0.05, 0.1) is 17.6 Å². The molecule has 0 spiro atoms. The molecule has 0 fully saturated rings. The van der Waals surface area contributed by atoms with E-state index in [4.69, 9.17) is 9.72 Å². The Morgan fingerprint density at radius 1 is 1.14 bits per heavy atom. The van der Waals surface area contributed by atoms with Crippen molar-refractivity contribution in [1.82, 2.24) is 14.9 Å². The fraction of sp³-hybridized carbons (Fsp3) is 0.417. The quantitative estimate of drug-likeness (QED) is 0.646. The minimum Gasteiger partial charge on any atom is -0.491 e. The second-order valence-corrected chi connectivity index (χ2v) is 8.54. The molecule has 154 valence electrons. The van der Waals surface area contributed by atoms with E-state index < -0.39 is 0 Å². The van der Waals surface area contributed by atoms with Gasteiger partial charge in [-0.1, -0.05) is 45.0 Å². The van der Waals surface area contributed by atoms with Crippen LogP contribution in [0.25, 0.3) is 11.0 Å². The first kappa shape index (κ1) is 20.9. The van der Waals surface area contributed by atoms with E-state index in [1.165, 1.54) is 5.56 Å². The molecule has 0 bridgehead atoms. The second-order valence-electron chi connectivity index (χ2n) is 8.54. The molecule has 1 amide bonds. The van der Waals surface area contributed by atoms with E-state index in [-0.39, 0.29) is 11.3 Å². The van der Waals surface area contributed by atoms with Gasteiger partial charge in [-0.05, 0) is 43.2 Å². The van der Waals surface area contributed by atoms with E-state index in [1.54, 1.807) is 0 Å². The maximum absolute atomic E-state index is 12.1. The molecule has 0 unspecified atom stereocenters. The van der Waals surface area contributed by atoms with E-state index in [9.17, 15) is 4.79 Å². The average molecular weight is 394 g/mol. The Bertz CT molecular complexity index is 999. The lowest BCUT2D eigenvalue weighted by Crippen LogP contribution is -2.36. The maximum atomic E-state index is 12.1. The number of amides is 1. The van der Waals surface area contributed by atoms with E-state index in [0.717, 1.165) is 28.2 Å². The van der Waals surface area contributed by atoms with Crippen LogP contribution >= 0.6 is 0 Å². The molecular weight excluding hydrogens is 362 g/mol. The summed E-state index contributed by atoms with van der Waals surface area (Å²) in [5, 5.41) is 3.01. The number of hydrogen-bond donors (Lipinski definition) is 1. The number of hydrogen-bond acceptors (Lipinski definition) is 3. The van der Waals surface area contributed by atoms with Crippen molar-refractivity contribution in [2.24, 2.45) is 5.41 Å². The van der Waals surface area contributed by atoms with Gasteiger partial charge in [0.2, 0.25) is 5.91 Å². The number of imidazole rings is 1. The van der Waals surface area contributed by atoms with Crippen LogP contribution in [0, 0.1) is 19.3 Å². The minimum absolute atomic E-state index is 0.0541. The number of carbonyl (C=O) groups excluding carboxylic acids is 1. The van der Waals surface area contributed by atoms with Gasteiger partial charge in [0, 0.05) is 18.4 Å². The van der Waals surface area contributed by atoms with E-state index in [0.29, 0.717) is 26.1 Å². The summed E-state index contributed by atoms with van der Waals surface area (Å²) in [6.07, 6.45) is 0.681. The number of para-hydroxylation sites is 2. The molecule has 1 aromatic heterocycles. The molecule has 3 aromatic rings. The third kappa shape index (κ3) is 5.17. The number of ether oxygens (including phenoxy) is 1. The molecule has 0 saturated carbocycles. The summed E-state index contributed by atoms with van der Waals surface area (Å²) in [5.41, 5.74) is 4.00. The summed E-state index contributed by atoms with van der Waals surface area (Å²) in [5.74, 6) is 1.94. The molecule has 0 radical (unpaired) electrons. The monoisotopic (exact) mass is 393 g/mol. The Balaban J connectivity index is 1.71. The molecule has 0 saturated heterocycles. The lowest BCUT2D eigenvalue weighted by atomic mass is 9.96. The zero-order chi connectivity index (χ0) is 21.0.